The van der Waals surface area contributed by atoms with Gasteiger partial charge in [0, 0.05) is 17.8 Å². The van der Waals surface area contributed by atoms with E-state index in [2.05, 4.69) is 6.07 Å². The Hall–Kier alpha value is -3.85. The van der Waals surface area contributed by atoms with E-state index in [1.165, 1.54) is 17.0 Å². The van der Waals surface area contributed by atoms with Crippen molar-refractivity contribution in [2.75, 3.05) is 11.9 Å². The zero-order chi connectivity index (χ0) is 20.1. The highest BCUT2D eigenvalue weighted by atomic mass is 16.3. The van der Waals surface area contributed by atoms with E-state index < -0.39 is 11.6 Å². The predicted molar refractivity (Wildman–Crippen MR) is 105 cm³/mol. The quantitative estimate of drug-likeness (QED) is 0.696. The Balaban J connectivity index is 1.90. The smallest absolute Gasteiger partial charge is 0.332 e. The molecular formula is C22H17N3O3. The molecule has 1 atom stereocenters. The van der Waals surface area contributed by atoms with E-state index in [0.717, 1.165) is 4.90 Å². The molecule has 1 aliphatic heterocycles. The highest BCUT2D eigenvalue weighted by molar-refractivity contribution is 6.26. The minimum atomic E-state index is -1.21. The number of rotatable bonds is 2. The second-order valence-electron chi connectivity index (χ2n) is 6.89. The van der Waals surface area contributed by atoms with Gasteiger partial charge in [0.15, 0.2) is 0 Å². The van der Waals surface area contributed by atoms with E-state index in [9.17, 15) is 20.0 Å². The van der Waals surface area contributed by atoms with Crippen molar-refractivity contribution in [3.05, 3.63) is 71.8 Å². The normalized spacial score (nSPS) is 19.3. The van der Waals surface area contributed by atoms with Crippen molar-refractivity contribution < 1.29 is 14.7 Å². The lowest BCUT2D eigenvalue weighted by atomic mass is 9.90. The third-order valence-electron chi connectivity index (χ3n) is 5.46. The number of hydrogen-bond donors (Lipinski definition) is 1. The van der Waals surface area contributed by atoms with Crippen LogP contribution in [0.5, 0.6) is 5.75 Å². The van der Waals surface area contributed by atoms with Crippen molar-refractivity contribution in [2.24, 2.45) is 0 Å². The first-order valence-corrected chi connectivity index (χ1v) is 8.73. The van der Waals surface area contributed by atoms with Gasteiger partial charge in [0.25, 0.3) is 5.91 Å². The number of phenols is 1. The van der Waals surface area contributed by atoms with Gasteiger partial charge in [-0.3, -0.25) is 4.79 Å². The van der Waals surface area contributed by atoms with Gasteiger partial charge in [0.2, 0.25) is 0 Å². The molecule has 0 saturated carbocycles. The predicted octanol–water partition coefficient (Wildman–Crippen LogP) is 3.73. The maximum atomic E-state index is 13.5. The highest BCUT2D eigenvalue weighted by Gasteiger charge is 2.54. The second kappa shape index (κ2) is 6.10. The third kappa shape index (κ3) is 2.26. The Bertz CT molecular complexity index is 1160. The fourth-order valence-corrected chi connectivity index (χ4v) is 3.68. The molecular weight excluding hydrogens is 354 g/mol. The first-order chi connectivity index (χ1) is 13.4. The van der Waals surface area contributed by atoms with Crippen LogP contribution in [0.2, 0.25) is 0 Å². The van der Waals surface area contributed by atoms with E-state index in [1.807, 2.05) is 6.07 Å². The highest BCUT2D eigenvalue weighted by Crippen LogP contribution is 2.41. The number of anilines is 1. The summed E-state index contributed by atoms with van der Waals surface area (Å²) in [6.07, 6.45) is 0. The minimum Gasteiger partial charge on any atom is -0.508 e. The number of fused-ring (bicyclic) bond motifs is 1. The number of aromatic hydroxyl groups is 1. The number of phenolic OH excluding ortho intramolecular Hbond substituents is 1. The van der Waals surface area contributed by atoms with Crippen molar-refractivity contribution in [1.82, 2.24) is 4.90 Å². The van der Waals surface area contributed by atoms with E-state index in [1.54, 1.807) is 56.4 Å². The van der Waals surface area contributed by atoms with Crippen molar-refractivity contribution in [3.63, 3.8) is 0 Å². The number of imide groups is 1. The molecule has 3 amide bonds. The zero-order valence-corrected chi connectivity index (χ0v) is 15.4. The number of nitrogens with zero attached hydrogens (tertiary/aromatic N) is 3. The third-order valence-corrected chi connectivity index (χ3v) is 5.46. The molecule has 1 heterocycles. The number of carbonyl (C=O) groups is 2. The lowest BCUT2D eigenvalue weighted by Gasteiger charge is -2.28. The van der Waals surface area contributed by atoms with Gasteiger partial charge < -0.3 is 10.0 Å². The van der Waals surface area contributed by atoms with Gasteiger partial charge >= 0.3 is 6.03 Å². The molecule has 1 aliphatic rings. The van der Waals surface area contributed by atoms with E-state index in [4.69, 9.17) is 0 Å². The summed E-state index contributed by atoms with van der Waals surface area (Å²) >= 11 is 0. The number of urea groups is 1. The standard InChI is InChI=1S/C22H17N3O3/c1-22(15-8-10-16(26)11-9-15)20(27)25(21(28)24(22)2)19-12-7-14(13-23)17-5-3-4-6-18(17)19/h3-12,26H,1-2H3. The van der Waals surface area contributed by atoms with E-state index in [0.29, 0.717) is 27.6 Å². The molecule has 28 heavy (non-hydrogen) atoms. The van der Waals surface area contributed by atoms with Gasteiger partial charge in [-0.1, -0.05) is 36.4 Å². The van der Waals surface area contributed by atoms with Gasteiger partial charge in [-0.15, -0.1) is 0 Å². The van der Waals surface area contributed by atoms with Gasteiger partial charge in [-0.05, 0) is 36.8 Å². The van der Waals surface area contributed by atoms with Gasteiger partial charge in [-0.2, -0.15) is 5.26 Å². The molecule has 0 bridgehead atoms. The van der Waals surface area contributed by atoms with Crippen LogP contribution < -0.4 is 4.90 Å². The number of carbonyl (C=O) groups excluding carboxylic acids is 2. The van der Waals surface area contributed by atoms with Crippen molar-refractivity contribution in [3.8, 4) is 11.8 Å². The second-order valence-corrected chi connectivity index (χ2v) is 6.89. The first kappa shape index (κ1) is 17.6. The number of likely N-dealkylation sites (N-methyl/N-ethyl adjacent to an activating group) is 1. The van der Waals surface area contributed by atoms with Crippen LogP contribution in [0.1, 0.15) is 18.1 Å². The van der Waals surface area contributed by atoms with E-state index in [-0.39, 0.29) is 11.7 Å². The fourth-order valence-electron chi connectivity index (χ4n) is 3.68. The monoisotopic (exact) mass is 371 g/mol. The summed E-state index contributed by atoms with van der Waals surface area (Å²) in [4.78, 5) is 29.1. The molecule has 6 heteroatoms. The lowest BCUT2D eigenvalue weighted by molar-refractivity contribution is -0.124. The van der Waals surface area contributed by atoms with Crippen LogP contribution in [0.3, 0.4) is 0 Å². The molecule has 6 nitrogen and oxygen atoms in total. The first-order valence-electron chi connectivity index (χ1n) is 8.73. The summed E-state index contributed by atoms with van der Waals surface area (Å²) in [5, 5.41) is 20.3. The van der Waals surface area contributed by atoms with Crippen LogP contribution in [0.25, 0.3) is 10.8 Å². The minimum absolute atomic E-state index is 0.0849. The summed E-state index contributed by atoms with van der Waals surface area (Å²) in [6, 6.07) is 18.4. The molecule has 1 unspecified atom stereocenters. The fraction of sp³-hybridized carbons (Fsp3) is 0.136. The van der Waals surface area contributed by atoms with Gasteiger partial charge in [0.05, 0.1) is 17.3 Å². The van der Waals surface area contributed by atoms with Crippen LogP contribution in [-0.2, 0) is 10.3 Å². The summed E-state index contributed by atoms with van der Waals surface area (Å²) in [7, 11) is 1.58. The molecule has 3 aromatic carbocycles. The molecule has 1 N–H and O–H groups in total. The van der Waals surface area contributed by atoms with E-state index >= 15 is 0 Å². The molecule has 0 spiro atoms. The molecule has 0 aromatic heterocycles. The van der Waals surface area contributed by atoms with Crippen LogP contribution in [0, 0.1) is 11.3 Å². The molecule has 3 aromatic rings. The number of hydrogen-bond acceptors (Lipinski definition) is 4. The average molecular weight is 371 g/mol. The van der Waals surface area contributed by atoms with Crippen molar-refractivity contribution in [2.45, 2.75) is 12.5 Å². The summed E-state index contributed by atoms with van der Waals surface area (Å²) in [6.45, 7) is 1.69. The zero-order valence-electron chi connectivity index (χ0n) is 15.4. The van der Waals surface area contributed by atoms with Crippen LogP contribution in [-0.4, -0.2) is 29.0 Å². The molecule has 4 rings (SSSR count). The molecule has 138 valence electrons. The Labute approximate surface area is 161 Å². The Morgan fingerprint density at radius 2 is 1.61 bits per heavy atom. The molecule has 0 radical (unpaired) electrons. The molecule has 1 saturated heterocycles. The lowest BCUT2D eigenvalue weighted by Crippen LogP contribution is -2.42. The van der Waals surface area contributed by atoms with Crippen LogP contribution in [0.4, 0.5) is 10.5 Å². The summed E-state index contributed by atoms with van der Waals surface area (Å²) in [5.41, 5.74) is 0.318. The average Bonchev–Trinajstić information content (AvgIpc) is 2.89. The maximum absolute atomic E-state index is 13.5. The van der Waals surface area contributed by atoms with Crippen molar-refractivity contribution >= 4 is 28.4 Å². The Kier molecular flexibility index (Phi) is 3.83. The SMILES string of the molecule is CN1C(=O)N(c2ccc(C#N)c3ccccc23)C(=O)C1(C)c1ccc(O)cc1. The van der Waals surface area contributed by atoms with Gasteiger partial charge in [0.1, 0.15) is 11.3 Å². The number of nitriles is 1. The van der Waals surface area contributed by atoms with Crippen LogP contribution >= 0.6 is 0 Å². The van der Waals surface area contributed by atoms with Crippen LogP contribution in [0.15, 0.2) is 60.7 Å². The molecule has 1 fully saturated rings. The summed E-state index contributed by atoms with van der Waals surface area (Å²) in [5.74, 6) is -0.303. The largest absolute Gasteiger partial charge is 0.508 e. The van der Waals surface area contributed by atoms with Gasteiger partial charge in [-0.25, -0.2) is 9.69 Å². The maximum Gasteiger partial charge on any atom is 0.332 e. The number of benzene rings is 3. The summed E-state index contributed by atoms with van der Waals surface area (Å²) < 4.78 is 0. The van der Waals surface area contributed by atoms with Crippen molar-refractivity contribution in [1.29, 1.82) is 5.26 Å². The topological polar surface area (TPSA) is 84.6 Å². The number of amides is 3. The Morgan fingerprint density at radius 3 is 2.25 bits per heavy atom. The molecule has 0 aliphatic carbocycles. The Morgan fingerprint density at radius 1 is 0.964 bits per heavy atom.